The first-order valence-corrected chi connectivity index (χ1v) is 5.71. The maximum atomic E-state index is 11.6. The third-order valence-electron chi connectivity index (χ3n) is 2.11. The molecule has 0 aliphatic heterocycles. The summed E-state index contributed by atoms with van der Waals surface area (Å²) in [7, 11) is 0. The standard InChI is InChI=1S/C13H13ClN2O/c1-2-7-16-13(17)11(9-15)8-10-5-3-4-6-12(10)14/h3-6,8H,2,7H2,1H3,(H,16,17)/b11-8+. The summed E-state index contributed by atoms with van der Waals surface area (Å²) in [6, 6.07) is 8.94. The Morgan fingerprint density at radius 3 is 2.82 bits per heavy atom. The van der Waals surface area contributed by atoms with E-state index in [1.54, 1.807) is 24.3 Å². The van der Waals surface area contributed by atoms with Crippen molar-refractivity contribution in [2.45, 2.75) is 13.3 Å². The average molecular weight is 249 g/mol. The Morgan fingerprint density at radius 2 is 2.24 bits per heavy atom. The maximum absolute atomic E-state index is 11.6. The smallest absolute Gasteiger partial charge is 0.261 e. The van der Waals surface area contributed by atoms with Gasteiger partial charge in [-0.2, -0.15) is 5.26 Å². The van der Waals surface area contributed by atoms with E-state index < -0.39 is 0 Å². The third kappa shape index (κ3) is 3.93. The lowest BCUT2D eigenvalue weighted by Crippen LogP contribution is -2.25. The van der Waals surface area contributed by atoms with E-state index in [1.165, 1.54) is 6.08 Å². The summed E-state index contributed by atoms with van der Waals surface area (Å²) in [6.45, 7) is 2.50. The molecule has 0 aliphatic carbocycles. The zero-order valence-corrected chi connectivity index (χ0v) is 10.3. The number of amides is 1. The predicted molar refractivity (Wildman–Crippen MR) is 68.3 cm³/mol. The van der Waals surface area contributed by atoms with Gasteiger partial charge in [-0.15, -0.1) is 0 Å². The predicted octanol–water partition coefficient (Wildman–Crippen LogP) is 2.77. The highest BCUT2D eigenvalue weighted by Gasteiger charge is 2.08. The second-order valence-corrected chi connectivity index (χ2v) is 3.85. The molecule has 0 bridgehead atoms. The quantitative estimate of drug-likeness (QED) is 0.658. The van der Waals surface area contributed by atoms with Gasteiger partial charge in [-0.3, -0.25) is 4.79 Å². The first-order valence-electron chi connectivity index (χ1n) is 5.33. The number of hydrogen-bond donors (Lipinski definition) is 1. The van der Waals surface area contributed by atoms with Crippen LogP contribution in [0.15, 0.2) is 29.8 Å². The Balaban J connectivity index is 2.92. The van der Waals surface area contributed by atoms with Crippen molar-refractivity contribution in [1.29, 1.82) is 5.26 Å². The molecule has 4 heteroatoms. The van der Waals surface area contributed by atoms with Gasteiger partial charge in [-0.05, 0) is 24.1 Å². The van der Waals surface area contributed by atoms with Crippen molar-refractivity contribution in [3.05, 3.63) is 40.4 Å². The van der Waals surface area contributed by atoms with E-state index in [2.05, 4.69) is 5.32 Å². The van der Waals surface area contributed by atoms with Crippen LogP contribution in [0.5, 0.6) is 0 Å². The van der Waals surface area contributed by atoms with Crippen LogP contribution in [-0.2, 0) is 4.79 Å². The van der Waals surface area contributed by atoms with Gasteiger partial charge in [0.1, 0.15) is 11.6 Å². The average Bonchev–Trinajstić information content (AvgIpc) is 2.35. The van der Waals surface area contributed by atoms with Crippen molar-refractivity contribution in [2.24, 2.45) is 0 Å². The highest BCUT2D eigenvalue weighted by molar-refractivity contribution is 6.32. The molecule has 1 rings (SSSR count). The Hall–Kier alpha value is -1.79. The molecule has 0 radical (unpaired) electrons. The maximum Gasteiger partial charge on any atom is 0.261 e. The molecule has 0 saturated carbocycles. The highest BCUT2D eigenvalue weighted by Crippen LogP contribution is 2.17. The minimum absolute atomic E-state index is 0.0616. The topological polar surface area (TPSA) is 52.9 Å². The summed E-state index contributed by atoms with van der Waals surface area (Å²) in [6.07, 6.45) is 2.32. The third-order valence-corrected chi connectivity index (χ3v) is 2.45. The molecule has 3 nitrogen and oxygen atoms in total. The minimum atomic E-state index is -0.366. The normalized spacial score (nSPS) is 10.8. The van der Waals surface area contributed by atoms with Crippen molar-refractivity contribution in [3.63, 3.8) is 0 Å². The Bertz CT molecular complexity index is 475. The van der Waals surface area contributed by atoms with Crippen LogP contribution >= 0.6 is 11.6 Å². The van der Waals surface area contributed by atoms with Gasteiger partial charge in [-0.25, -0.2) is 0 Å². The van der Waals surface area contributed by atoms with Crippen LogP contribution in [0.2, 0.25) is 5.02 Å². The number of carbonyl (C=O) groups excluding carboxylic acids is 1. The number of carbonyl (C=O) groups is 1. The van der Waals surface area contributed by atoms with Crippen LogP contribution < -0.4 is 5.32 Å². The molecule has 0 spiro atoms. The van der Waals surface area contributed by atoms with Gasteiger partial charge in [-0.1, -0.05) is 36.7 Å². The monoisotopic (exact) mass is 248 g/mol. The van der Waals surface area contributed by atoms with Crippen molar-refractivity contribution < 1.29 is 4.79 Å². The van der Waals surface area contributed by atoms with Crippen molar-refractivity contribution >= 4 is 23.6 Å². The van der Waals surface area contributed by atoms with Crippen LogP contribution in [0.1, 0.15) is 18.9 Å². The van der Waals surface area contributed by atoms with E-state index in [9.17, 15) is 4.79 Å². The Labute approximate surface area is 106 Å². The zero-order chi connectivity index (χ0) is 12.7. The molecular formula is C13H13ClN2O. The molecule has 0 aliphatic rings. The fourth-order valence-corrected chi connectivity index (χ4v) is 1.42. The molecule has 1 aromatic carbocycles. The van der Waals surface area contributed by atoms with E-state index in [-0.39, 0.29) is 11.5 Å². The zero-order valence-electron chi connectivity index (χ0n) is 9.53. The van der Waals surface area contributed by atoms with Gasteiger partial charge in [0.05, 0.1) is 0 Å². The van der Waals surface area contributed by atoms with E-state index in [1.807, 2.05) is 13.0 Å². The molecule has 0 aromatic heterocycles. The van der Waals surface area contributed by atoms with Gasteiger partial charge < -0.3 is 5.32 Å². The van der Waals surface area contributed by atoms with Gasteiger partial charge in [0, 0.05) is 11.6 Å². The largest absolute Gasteiger partial charge is 0.351 e. The Morgan fingerprint density at radius 1 is 1.53 bits per heavy atom. The number of nitrogens with one attached hydrogen (secondary N) is 1. The number of halogens is 1. The van der Waals surface area contributed by atoms with Crippen molar-refractivity contribution in [3.8, 4) is 6.07 Å². The molecular weight excluding hydrogens is 236 g/mol. The molecule has 0 saturated heterocycles. The van der Waals surface area contributed by atoms with Crippen molar-refractivity contribution in [2.75, 3.05) is 6.54 Å². The summed E-state index contributed by atoms with van der Waals surface area (Å²) >= 11 is 5.95. The first-order chi connectivity index (χ1) is 8.19. The van der Waals surface area contributed by atoms with Crippen LogP contribution in [0.25, 0.3) is 6.08 Å². The summed E-state index contributed by atoms with van der Waals surface area (Å²) in [4.78, 5) is 11.6. The first kappa shape index (κ1) is 13.3. The second kappa shape index (κ2) is 6.72. The molecule has 0 atom stereocenters. The lowest BCUT2D eigenvalue weighted by atomic mass is 10.1. The van der Waals surface area contributed by atoms with E-state index >= 15 is 0 Å². The number of rotatable bonds is 4. The van der Waals surface area contributed by atoms with Crippen LogP contribution in [0.3, 0.4) is 0 Å². The molecule has 88 valence electrons. The number of nitriles is 1. The molecule has 1 N–H and O–H groups in total. The molecule has 17 heavy (non-hydrogen) atoms. The van der Waals surface area contributed by atoms with Crippen LogP contribution in [0, 0.1) is 11.3 Å². The summed E-state index contributed by atoms with van der Waals surface area (Å²) < 4.78 is 0. The van der Waals surface area contributed by atoms with Gasteiger partial charge in [0.15, 0.2) is 0 Å². The molecule has 0 unspecified atom stereocenters. The number of hydrogen-bond acceptors (Lipinski definition) is 2. The molecule has 0 fully saturated rings. The summed E-state index contributed by atoms with van der Waals surface area (Å²) in [5.41, 5.74) is 0.726. The van der Waals surface area contributed by atoms with Gasteiger partial charge in [0.2, 0.25) is 0 Å². The van der Waals surface area contributed by atoms with Crippen LogP contribution in [0.4, 0.5) is 0 Å². The second-order valence-electron chi connectivity index (χ2n) is 3.45. The van der Waals surface area contributed by atoms with Gasteiger partial charge in [0.25, 0.3) is 5.91 Å². The highest BCUT2D eigenvalue weighted by atomic mass is 35.5. The molecule has 1 amide bonds. The minimum Gasteiger partial charge on any atom is -0.351 e. The fraction of sp³-hybridized carbons (Fsp3) is 0.231. The molecule has 1 aromatic rings. The van der Waals surface area contributed by atoms with Gasteiger partial charge >= 0.3 is 0 Å². The van der Waals surface area contributed by atoms with E-state index in [4.69, 9.17) is 16.9 Å². The molecule has 0 heterocycles. The number of nitrogens with zero attached hydrogens (tertiary/aromatic N) is 1. The van der Waals surface area contributed by atoms with E-state index in [0.29, 0.717) is 17.1 Å². The summed E-state index contributed by atoms with van der Waals surface area (Å²) in [5, 5.41) is 12.1. The van der Waals surface area contributed by atoms with E-state index in [0.717, 1.165) is 6.42 Å². The van der Waals surface area contributed by atoms with Crippen LogP contribution in [-0.4, -0.2) is 12.5 Å². The lowest BCUT2D eigenvalue weighted by molar-refractivity contribution is -0.117. The lowest BCUT2D eigenvalue weighted by Gasteiger charge is -2.02. The Kier molecular flexibility index (Phi) is 5.25. The number of benzene rings is 1. The fourth-order valence-electron chi connectivity index (χ4n) is 1.23. The summed E-state index contributed by atoms with van der Waals surface area (Å²) in [5.74, 6) is -0.366. The van der Waals surface area contributed by atoms with Crippen molar-refractivity contribution in [1.82, 2.24) is 5.32 Å². The SMILES string of the molecule is CCCNC(=O)/C(C#N)=C/c1ccccc1Cl.